The summed E-state index contributed by atoms with van der Waals surface area (Å²) in [6.45, 7) is 2.28. The normalized spacial score (nSPS) is 21.6. The van der Waals surface area contributed by atoms with Gasteiger partial charge in [0.25, 0.3) is 0 Å². The first-order valence-corrected chi connectivity index (χ1v) is 7.55. The van der Waals surface area contributed by atoms with Crippen molar-refractivity contribution in [3.05, 3.63) is 28.8 Å². The van der Waals surface area contributed by atoms with E-state index in [0.717, 1.165) is 18.8 Å². The molecule has 0 bridgehead atoms. The first-order valence-electron chi connectivity index (χ1n) is 7.17. The number of benzene rings is 1. The summed E-state index contributed by atoms with van der Waals surface area (Å²) in [4.78, 5) is 2.37. The molecule has 1 aliphatic heterocycles. The minimum Gasteiger partial charge on any atom is -0.369 e. The Morgan fingerprint density at radius 2 is 1.79 bits per heavy atom. The van der Waals surface area contributed by atoms with Gasteiger partial charge < -0.3 is 4.90 Å². The average Bonchev–Trinajstić information content (AvgIpc) is 2.63. The van der Waals surface area contributed by atoms with Crippen LogP contribution >= 0.6 is 11.6 Å². The molecule has 19 heavy (non-hydrogen) atoms. The van der Waals surface area contributed by atoms with Gasteiger partial charge in [-0.2, -0.15) is 5.26 Å². The quantitative estimate of drug-likeness (QED) is 0.760. The van der Waals surface area contributed by atoms with E-state index in [1.165, 1.54) is 38.5 Å². The van der Waals surface area contributed by atoms with E-state index in [0.29, 0.717) is 16.0 Å². The van der Waals surface area contributed by atoms with Crippen molar-refractivity contribution in [2.75, 3.05) is 18.0 Å². The van der Waals surface area contributed by atoms with Crippen molar-refractivity contribution in [1.82, 2.24) is 0 Å². The van der Waals surface area contributed by atoms with Crippen molar-refractivity contribution in [2.24, 2.45) is 5.41 Å². The summed E-state index contributed by atoms with van der Waals surface area (Å²) in [7, 11) is 0. The Kier molecular flexibility index (Phi) is 3.41. The molecule has 3 heteroatoms. The molecule has 1 heterocycles. The minimum atomic E-state index is 0.549. The predicted octanol–water partition coefficient (Wildman–Crippen LogP) is 4.37. The van der Waals surface area contributed by atoms with Gasteiger partial charge in [-0.25, -0.2) is 0 Å². The van der Waals surface area contributed by atoms with E-state index in [9.17, 15) is 0 Å². The van der Waals surface area contributed by atoms with Gasteiger partial charge in [0.1, 0.15) is 0 Å². The van der Waals surface area contributed by atoms with Gasteiger partial charge in [-0.05, 0) is 31.0 Å². The highest BCUT2D eigenvalue weighted by molar-refractivity contribution is 6.33. The van der Waals surface area contributed by atoms with Crippen LogP contribution in [0.2, 0.25) is 5.02 Å². The lowest BCUT2D eigenvalue weighted by Gasteiger charge is -2.52. The van der Waals surface area contributed by atoms with Crippen LogP contribution in [0, 0.1) is 16.7 Å². The number of anilines is 1. The number of nitriles is 1. The van der Waals surface area contributed by atoms with E-state index >= 15 is 0 Å². The molecule has 2 aliphatic rings. The molecule has 1 aromatic rings. The second-order valence-electron chi connectivity index (χ2n) is 6.05. The second kappa shape index (κ2) is 5.06. The molecule has 1 spiro atoms. The summed E-state index contributed by atoms with van der Waals surface area (Å²) in [5.41, 5.74) is 2.28. The second-order valence-corrected chi connectivity index (χ2v) is 6.46. The van der Waals surface area contributed by atoms with Gasteiger partial charge in [-0.3, -0.25) is 0 Å². The number of nitrogens with zero attached hydrogens (tertiary/aromatic N) is 2. The molecule has 0 atom stereocenters. The van der Waals surface area contributed by atoms with E-state index in [2.05, 4.69) is 11.0 Å². The Bertz CT molecular complexity index is 502. The van der Waals surface area contributed by atoms with Gasteiger partial charge in [-0.1, -0.05) is 37.3 Å². The third kappa shape index (κ3) is 2.44. The average molecular weight is 275 g/mol. The SMILES string of the molecule is N#Cc1ccc(N2CC3(CCCCCC3)C2)c(Cl)c1. The molecule has 0 radical (unpaired) electrons. The van der Waals surface area contributed by atoms with Gasteiger partial charge in [-0.15, -0.1) is 0 Å². The molecular formula is C16H19ClN2. The first-order chi connectivity index (χ1) is 9.22. The number of hydrogen-bond acceptors (Lipinski definition) is 2. The maximum absolute atomic E-state index is 8.87. The molecule has 1 aromatic carbocycles. The summed E-state index contributed by atoms with van der Waals surface area (Å²) in [6, 6.07) is 7.76. The van der Waals surface area contributed by atoms with Crippen molar-refractivity contribution in [1.29, 1.82) is 5.26 Å². The highest BCUT2D eigenvalue weighted by atomic mass is 35.5. The van der Waals surface area contributed by atoms with E-state index in [1.807, 2.05) is 12.1 Å². The lowest BCUT2D eigenvalue weighted by molar-refractivity contribution is 0.180. The summed E-state index contributed by atoms with van der Waals surface area (Å²) in [5.74, 6) is 0. The van der Waals surface area contributed by atoms with Crippen LogP contribution in [0.4, 0.5) is 5.69 Å². The van der Waals surface area contributed by atoms with Crippen LogP contribution in [0.25, 0.3) is 0 Å². The zero-order valence-corrected chi connectivity index (χ0v) is 11.9. The van der Waals surface area contributed by atoms with Crippen molar-refractivity contribution >= 4 is 17.3 Å². The van der Waals surface area contributed by atoms with Gasteiger partial charge in [0, 0.05) is 18.5 Å². The number of rotatable bonds is 1. The van der Waals surface area contributed by atoms with Crippen LogP contribution in [0.1, 0.15) is 44.1 Å². The lowest BCUT2D eigenvalue weighted by atomic mass is 9.73. The molecule has 1 saturated heterocycles. The van der Waals surface area contributed by atoms with Crippen LogP contribution in [-0.4, -0.2) is 13.1 Å². The van der Waals surface area contributed by atoms with Crippen LogP contribution in [0.15, 0.2) is 18.2 Å². The highest BCUT2D eigenvalue weighted by Gasteiger charge is 2.43. The van der Waals surface area contributed by atoms with Crippen LogP contribution in [0.3, 0.4) is 0 Å². The third-order valence-corrected chi connectivity index (χ3v) is 4.94. The zero-order valence-electron chi connectivity index (χ0n) is 11.2. The van der Waals surface area contributed by atoms with Crippen LogP contribution < -0.4 is 4.90 Å². The van der Waals surface area contributed by atoms with E-state index in [1.54, 1.807) is 6.07 Å². The van der Waals surface area contributed by atoms with Crippen molar-refractivity contribution in [3.63, 3.8) is 0 Å². The topological polar surface area (TPSA) is 27.0 Å². The highest BCUT2D eigenvalue weighted by Crippen LogP contribution is 2.45. The Morgan fingerprint density at radius 3 is 2.37 bits per heavy atom. The van der Waals surface area contributed by atoms with E-state index < -0.39 is 0 Å². The molecule has 0 amide bonds. The Balaban J connectivity index is 1.71. The Morgan fingerprint density at radius 1 is 1.11 bits per heavy atom. The van der Waals surface area contributed by atoms with Crippen molar-refractivity contribution in [3.8, 4) is 6.07 Å². The lowest BCUT2D eigenvalue weighted by Crippen LogP contribution is -2.56. The number of hydrogen-bond donors (Lipinski definition) is 0. The minimum absolute atomic E-state index is 0.549. The fourth-order valence-corrected chi connectivity index (χ4v) is 3.86. The molecule has 0 N–H and O–H groups in total. The summed E-state index contributed by atoms with van der Waals surface area (Å²) in [6.07, 6.45) is 8.32. The fourth-order valence-electron chi connectivity index (χ4n) is 3.56. The molecule has 0 aromatic heterocycles. The van der Waals surface area contributed by atoms with Crippen molar-refractivity contribution < 1.29 is 0 Å². The molecule has 3 rings (SSSR count). The standard InChI is InChI=1S/C16H19ClN2/c17-14-9-13(10-18)5-6-15(14)19-11-16(12-19)7-3-1-2-4-8-16/h5-6,9H,1-4,7-8,11-12H2. The summed E-state index contributed by atoms with van der Waals surface area (Å²) >= 11 is 6.28. The molecule has 0 unspecified atom stereocenters. The van der Waals surface area contributed by atoms with Gasteiger partial charge in [0.05, 0.1) is 22.3 Å². The van der Waals surface area contributed by atoms with Gasteiger partial charge >= 0.3 is 0 Å². The van der Waals surface area contributed by atoms with Gasteiger partial charge in [0.2, 0.25) is 0 Å². The van der Waals surface area contributed by atoms with Crippen LogP contribution in [0.5, 0.6) is 0 Å². The predicted molar refractivity (Wildman–Crippen MR) is 78.5 cm³/mol. The molecule has 2 nitrogen and oxygen atoms in total. The molecular weight excluding hydrogens is 256 g/mol. The smallest absolute Gasteiger partial charge is 0.0992 e. The Hall–Kier alpha value is -1.20. The van der Waals surface area contributed by atoms with E-state index in [-0.39, 0.29) is 0 Å². The molecule has 1 saturated carbocycles. The molecule has 100 valence electrons. The van der Waals surface area contributed by atoms with Crippen LogP contribution in [-0.2, 0) is 0 Å². The Labute approximate surface area is 120 Å². The number of halogens is 1. The van der Waals surface area contributed by atoms with Crippen molar-refractivity contribution in [2.45, 2.75) is 38.5 Å². The van der Waals surface area contributed by atoms with E-state index in [4.69, 9.17) is 16.9 Å². The maximum atomic E-state index is 8.87. The molecule has 2 fully saturated rings. The summed E-state index contributed by atoms with van der Waals surface area (Å²) in [5, 5.41) is 9.58. The fraction of sp³-hybridized carbons (Fsp3) is 0.562. The maximum Gasteiger partial charge on any atom is 0.0992 e. The third-order valence-electron chi connectivity index (χ3n) is 4.63. The summed E-state index contributed by atoms with van der Waals surface area (Å²) < 4.78 is 0. The van der Waals surface area contributed by atoms with Gasteiger partial charge in [0.15, 0.2) is 0 Å². The molecule has 1 aliphatic carbocycles. The monoisotopic (exact) mass is 274 g/mol. The largest absolute Gasteiger partial charge is 0.369 e. The first kappa shape index (κ1) is 12.8. The zero-order chi connectivity index (χ0) is 13.3.